The van der Waals surface area contributed by atoms with Crippen LogP contribution in [0.3, 0.4) is 0 Å². The van der Waals surface area contributed by atoms with Crippen molar-refractivity contribution in [1.82, 2.24) is 14.7 Å². The molecule has 2 heterocycles. The zero-order valence-corrected chi connectivity index (χ0v) is 19.7. The highest BCUT2D eigenvalue weighted by atomic mass is 16.5. The van der Waals surface area contributed by atoms with Gasteiger partial charge in [0.25, 0.3) is 11.5 Å². The summed E-state index contributed by atoms with van der Waals surface area (Å²) in [5.74, 6) is 0.136. The highest BCUT2D eigenvalue weighted by molar-refractivity contribution is 6.02. The van der Waals surface area contributed by atoms with Crippen molar-refractivity contribution in [1.29, 1.82) is 5.26 Å². The molecule has 34 heavy (non-hydrogen) atoms. The molecule has 3 aromatic rings. The molecule has 7 heteroatoms. The van der Waals surface area contributed by atoms with Crippen molar-refractivity contribution in [2.24, 2.45) is 0 Å². The van der Waals surface area contributed by atoms with E-state index in [-0.39, 0.29) is 23.1 Å². The highest BCUT2D eigenvalue weighted by Gasteiger charge is 2.21. The molecule has 0 spiro atoms. The van der Waals surface area contributed by atoms with Crippen LogP contribution in [0.5, 0.6) is 11.6 Å². The fourth-order valence-corrected chi connectivity index (χ4v) is 4.24. The molecule has 7 nitrogen and oxygen atoms in total. The SMILES string of the molecule is Cc1cccc(Oc2nc3c(C)cccn3c(=O)c2/C=C(\C#N)C(=O)NC2CCCCC2)c1C. The number of nitrogens with one attached hydrogen (secondary N) is 1. The van der Waals surface area contributed by atoms with Crippen molar-refractivity contribution >= 4 is 17.6 Å². The Morgan fingerprint density at radius 2 is 1.88 bits per heavy atom. The lowest BCUT2D eigenvalue weighted by Gasteiger charge is -2.22. The van der Waals surface area contributed by atoms with Crippen molar-refractivity contribution in [3.05, 3.63) is 74.7 Å². The first-order valence-electron chi connectivity index (χ1n) is 11.6. The Morgan fingerprint density at radius 3 is 2.62 bits per heavy atom. The first-order chi connectivity index (χ1) is 16.4. The molecule has 1 saturated carbocycles. The van der Waals surface area contributed by atoms with Gasteiger partial charge in [0.15, 0.2) is 0 Å². The minimum Gasteiger partial charge on any atom is -0.438 e. The summed E-state index contributed by atoms with van der Waals surface area (Å²) in [6.07, 6.45) is 7.97. The van der Waals surface area contributed by atoms with Gasteiger partial charge in [-0.25, -0.2) is 0 Å². The third-order valence-electron chi connectivity index (χ3n) is 6.41. The van der Waals surface area contributed by atoms with Crippen LogP contribution in [0.1, 0.15) is 54.4 Å². The molecule has 1 amide bonds. The predicted octanol–water partition coefficient (Wildman–Crippen LogP) is 4.77. The molecule has 0 radical (unpaired) electrons. The van der Waals surface area contributed by atoms with Gasteiger partial charge in [-0.3, -0.25) is 14.0 Å². The number of benzene rings is 1. The molecule has 0 aliphatic heterocycles. The van der Waals surface area contributed by atoms with Gasteiger partial charge in [-0.15, -0.1) is 0 Å². The fourth-order valence-electron chi connectivity index (χ4n) is 4.24. The normalized spacial score (nSPS) is 14.6. The summed E-state index contributed by atoms with van der Waals surface area (Å²) < 4.78 is 7.54. The largest absolute Gasteiger partial charge is 0.438 e. The van der Waals surface area contributed by atoms with Crippen LogP contribution in [0.4, 0.5) is 0 Å². The van der Waals surface area contributed by atoms with Gasteiger partial charge in [0.1, 0.15) is 28.6 Å². The zero-order chi connectivity index (χ0) is 24.2. The van der Waals surface area contributed by atoms with E-state index in [0.29, 0.717) is 11.4 Å². The molecule has 1 fully saturated rings. The van der Waals surface area contributed by atoms with Crippen LogP contribution in [0.25, 0.3) is 11.7 Å². The second-order valence-corrected chi connectivity index (χ2v) is 8.80. The van der Waals surface area contributed by atoms with E-state index in [2.05, 4.69) is 10.3 Å². The third kappa shape index (κ3) is 4.72. The van der Waals surface area contributed by atoms with Crippen LogP contribution in [0.2, 0.25) is 0 Å². The number of hydrogen-bond acceptors (Lipinski definition) is 5. The number of hydrogen-bond donors (Lipinski definition) is 1. The predicted molar refractivity (Wildman–Crippen MR) is 131 cm³/mol. The number of fused-ring (bicyclic) bond motifs is 1. The molecule has 0 atom stereocenters. The highest BCUT2D eigenvalue weighted by Crippen LogP contribution is 2.29. The number of aromatic nitrogens is 2. The molecule has 1 aromatic carbocycles. The average molecular weight is 457 g/mol. The van der Waals surface area contributed by atoms with Crippen molar-refractivity contribution < 1.29 is 9.53 Å². The van der Waals surface area contributed by atoms with E-state index in [9.17, 15) is 14.9 Å². The van der Waals surface area contributed by atoms with Crippen LogP contribution in [0, 0.1) is 32.1 Å². The summed E-state index contributed by atoms with van der Waals surface area (Å²) in [7, 11) is 0. The quantitative estimate of drug-likeness (QED) is 0.441. The first-order valence-corrected chi connectivity index (χ1v) is 11.6. The molecule has 1 aliphatic rings. The maximum atomic E-state index is 13.5. The number of nitrogens with zero attached hydrogens (tertiary/aromatic N) is 3. The standard InChI is InChI=1S/C27H28N4O3/c1-17-9-7-13-23(19(17)3)34-26-22(27(33)31-14-8-10-18(2)24(31)30-26)15-20(16-28)25(32)29-21-11-5-4-6-12-21/h7-10,13-15,21H,4-6,11-12H2,1-3H3,(H,29,32)/b20-15+. The lowest BCUT2D eigenvalue weighted by atomic mass is 9.95. The van der Waals surface area contributed by atoms with E-state index in [0.717, 1.165) is 48.8 Å². The van der Waals surface area contributed by atoms with Crippen molar-refractivity contribution in [2.45, 2.75) is 58.9 Å². The minimum absolute atomic E-state index is 0.0436. The number of pyridine rings is 1. The number of amides is 1. The number of aryl methyl sites for hydroxylation is 2. The van der Waals surface area contributed by atoms with Crippen LogP contribution >= 0.6 is 0 Å². The Bertz CT molecular complexity index is 1380. The molecule has 2 aromatic heterocycles. The maximum absolute atomic E-state index is 13.5. The molecule has 1 aliphatic carbocycles. The van der Waals surface area contributed by atoms with Gasteiger partial charge in [0.05, 0.1) is 0 Å². The summed E-state index contributed by atoms with van der Waals surface area (Å²) in [5.41, 5.74) is 2.70. The minimum atomic E-state index is -0.485. The van der Waals surface area contributed by atoms with Gasteiger partial charge in [0, 0.05) is 12.2 Å². The second kappa shape index (κ2) is 9.92. The molecule has 0 bridgehead atoms. The topological polar surface area (TPSA) is 96.5 Å². The van der Waals surface area contributed by atoms with Crippen LogP contribution < -0.4 is 15.6 Å². The Balaban J connectivity index is 1.82. The van der Waals surface area contributed by atoms with Gasteiger partial charge >= 0.3 is 0 Å². The lowest BCUT2D eigenvalue weighted by Crippen LogP contribution is -2.36. The molecule has 174 valence electrons. The van der Waals surface area contributed by atoms with E-state index >= 15 is 0 Å². The Hall–Kier alpha value is -3.92. The van der Waals surface area contributed by atoms with Crippen LogP contribution in [0.15, 0.2) is 46.9 Å². The number of rotatable bonds is 5. The number of nitriles is 1. The Morgan fingerprint density at radius 1 is 1.15 bits per heavy atom. The fraction of sp³-hybridized carbons (Fsp3) is 0.333. The summed E-state index contributed by atoms with van der Waals surface area (Å²) in [5, 5.41) is 12.7. The van der Waals surface area contributed by atoms with E-state index < -0.39 is 11.5 Å². The molecular weight excluding hydrogens is 428 g/mol. The van der Waals surface area contributed by atoms with E-state index in [4.69, 9.17) is 4.74 Å². The van der Waals surface area contributed by atoms with E-state index in [1.165, 1.54) is 10.5 Å². The lowest BCUT2D eigenvalue weighted by molar-refractivity contribution is -0.117. The summed E-state index contributed by atoms with van der Waals surface area (Å²) in [6, 6.07) is 11.3. The van der Waals surface area contributed by atoms with Crippen molar-refractivity contribution in [3.8, 4) is 17.7 Å². The van der Waals surface area contributed by atoms with Gasteiger partial charge < -0.3 is 10.1 Å². The number of carbonyl (C=O) groups is 1. The smallest absolute Gasteiger partial charge is 0.269 e. The second-order valence-electron chi connectivity index (χ2n) is 8.80. The zero-order valence-electron chi connectivity index (χ0n) is 19.7. The summed E-state index contributed by atoms with van der Waals surface area (Å²) in [4.78, 5) is 31.0. The summed E-state index contributed by atoms with van der Waals surface area (Å²) in [6.45, 7) is 5.76. The van der Waals surface area contributed by atoms with E-state index in [1.54, 1.807) is 18.3 Å². The molecule has 1 N–H and O–H groups in total. The molecule has 4 rings (SSSR count). The first kappa shape index (κ1) is 23.2. The number of carbonyl (C=O) groups excluding carboxylic acids is 1. The van der Waals surface area contributed by atoms with Crippen LogP contribution in [-0.4, -0.2) is 21.3 Å². The Labute approximate surface area is 198 Å². The Kier molecular flexibility index (Phi) is 6.78. The van der Waals surface area contributed by atoms with Gasteiger partial charge in [-0.05, 0) is 68.5 Å². The monoisotopic (exact) mass is 456 g/mol. The van der Waals surface area contributed by atoms with E-state index in [1.807, 2.05) is 45.0 Å². The molecule has 0 saturated heterocycles. The van der Waals surface area contributed by atoms with Gasteiger partial charge in [0.2, 0.25) is 5.88 Å². The van der Waals surface area contributed by atoms with Crippen molar-refractivity contribution in [2.75, 3.05) is 0 Å². The van der Waals surface area contributed by atoms with Gasteiger partial charge in [-0.2, -0.15) is 10.2 Å². The summed E-state index contributed by atoms with van der Waals surface area (Å²) >= 11 is 0. The maximum Gasteiger partial charge on any atom is 0.269 e. The number of ether oxygens (including phenoxy) is 1. The third-order valence-corrected chi connectivity index (χ3v) is 6.41. The van der Waals surface area contributed by atoms with Crippen molar-refractivity contribution in [3.63, 3.8) is 0 Å². The van der Waals surface area contributed by atoms with Gasteiger partial charge in [-0.1, -0.05) is 37.5 Å². The average Bonchev–Trinajstić information content (AvgIpc) is 2.83. The molecule has 0 unspecified atom stereocenters. The molecular formula is C27H28N4O3. The van der Waals surface area contributed by atoms with Crippen LogP contribution in [-0.2, 0) is 4.79 Å².